The van der Waals surface area contributed by atoms with Gasteiger partial charge in [-0.25, -0.2) is 0 Å². The molecule has 2 heterocycles. The maximum atomic E-state index is 13.1. The standard InChI is InChI=1S/C27H34N4O2/c1-28(2)25-8-3-5-21(18-25)27(33)31-12-11-20-17-22(9-10-23(20)19-31)26(32)30-15-13-29(14-16-30)24-6-4-7-24/h3,5,8-10,17-18,24H,4,6-7,11-16,19H2,1-2H3. The second-order valence-electron chi connectivity index (χ2n) is 9.82. The van der Waals surface area contributed by atoms with Gasteiger partial charge in [0.1, 0.15) is 0 Å². The maximum absolute atomic E-state index is 13.1. The van der Waals surface area contributed by atoms with Crippen molar-refractivity contribution in [1.29, 1.82) is 0 Å². The molecule has 0 aromatic heterocycles. The topological polar surface area (TPSA) is 47.1 Å². The number of rotatable bonds is 4. The third-order valence-electron chi connectivity index (χ3n) is 7.55. The van der Waals surface area contributed by atoms with Crippen LogP contribution in [0.1, 0.15) is 51.1 Å². The molecule has 6 nitrogen and oxygen atoms in total. The number of hydrogen-bond acceptors (Lipinski definition) is 4. The van der Waals surface area contributed by atoms with E-state index in [-0.39, 0.29) is 11.8 Å². The first-order chi connectivity index (χ1) is 16.0. The molecule has 2 aromatic carbocycles. The molecule has 6 heteroatoms. The van der Waals surface area contributed by atoms with Crippen LogP contribution in [0.4, 0.5) is 5.69 Å². The van der Waals surface area contributed by atoms with E-state index in [0.717, 1.165) is 61.0 Å². The summed E-state index contributed by atoms with van der Waals surface area (Å²) in [5.74, 6) is 0.207. The van der Waals surface area contributed by atoms with E-state index >= 15 is 0 Å². The van der Waals surface area contributed by atoms with E-state index in [0.29, 0.717) is 13.1 Å². The maximum Gasteiger partial charge on any atom is 0.254 e. The second kappa shape index (κ2) is 9.18. The van der Waals surface area contributed by atoms with E-state index in [9.17, 15) is 9.59 Å². The van der Waals surface area contributed by atoms with Crippen molar-refractivity contribution in [2.45, 2.75) is 38.3 Å². The van der Waals surface area contributed by atoms with Crippen LogP contribution in [0.15, 0.2) is 42.5 Å². The summed E-state index contributed by atoms with van der Waals surface area (Å²) in [6, 6.07) is 14.6. The predicted molar refractivity (Wildman–Crippen MR) is 131 cm³/mol. The van der Waals surface area contributed by atoms with Gasteiger partial charge in [-0.05, 0) is 60.7 Å². The lowest BCUT2D eigenvalue weighted by atomic mass is 9.91. The van der Waals surface area contributed by atoms with Crippen molar-refractivity contribution in [3.05, 3.63) is 64.7 Å². The van der Waals surface area contributed by atoms with E-state index in [2.05, 4.69) is 11.0 Å². The monoisotopic (exact) mass is 446 g/mol. The van der Waals surface area contributed by atoms with Crippen LogP contribution in [-0.2, 0) is 13.0 Å². The molecule has 2 aromatic rings. The van der Waals surface area contributed by atoms with Gasteiger partial charge in [-0.15, -0.1) is 0 Å². The molecule has 2 fully saturated rings. The largest absolute Gasteiger partial charge is 0.378 e. The van der Waals surface area contributed by atoms with Gasteiger partial charge in [0.05, 0.1) is 0 Å². The molecule has 33 heavy (non-hydrogen) atoms. The van der Waals surface area contributed by atoms with E-state index in [1.54, 1.807) is 0 Å². The van der Waals surface area contributed by atoms with E-state index < -0.39 is 0 Å². The number of amides is 2. The molecular formula is C27H34N4O2. The molecule has 0 spiro atoms. The number of fused-ring (bicyclic) bond motifs is 1. The minimum Gasteiger partial charge on any atom is -0.378 e. The van der Waals surface area contributed by atoms with Gasteiger partial charge in [0, 0.05) is 76.2 Å². The number of carbonyl (C=O) groups excluding carboxylic acids is 2. The van der Waals surface area contributed by atoms with Crippen molar-refractivity contribution >= 4 is 17.5 Å². The predicted octanol–water partition coefficient (Wildman–Crippen LogP) is 3.26. The van der Waals surface area contributed by atoms with Gasteiger partial charge >= 0.3 is 0 Å². The minimum atomic E-state index is 0.0637. The fourth-order valence-electron chi connectivity index (χ4n) is 5.18. The SMILES string of the molecule is CN(C)c1cccc(C(=O)N2CCc3cc(C(=O)N4CCN(C5CCC5)CC4)ccc3C2)c1. The molecule has 5 rings (SSSR count). The van der Waals surface area contributed by atoms with Gasteiger partial charge in [0.15, 0.2) is 0 Å². The number of benzene rings is 2. The van der Waals surface area contributed by atoms with Crippen LogP contribution in [0, 0.1) is 0 Å². The Hall–Kier alpha value is -2.86. The van der Waals surface area contributed by atoms with Crippen LogP contribution in [0.25, 0.3) is 0 Å². The molecule has 174 valence electrons. The molecular weight excluding hydrogens is 412 g/mol. The highest BCUT2D eigenvalue weighted by atomic mass is 16.2. The zero-order valence-corrected chi connectivity index (χ0v) is 19.8. The van der Waals surface area contributed by atoms with Gasteiger partial charge < -0.3 is 14.7 Å². The highest BCUT2D eigenvalue weighted by molar-refractivity contribution is 5.96. The van der Waals surface area contributed by atoms with Crippen LogP contribution in [0.5, 0.6) is 0 Å². The lowest BCUT2D eigenvalue weighted by Gasteiger charge is -2.43. The molecule has 1 saturated heterocycles. The summed E-state index contributed by atoms with van der Waals surface area (Å²) in [4.78, 5) is 34.7. The summed E-state index contributed by atoms with van der Waals surface area (Å²) in [5.41, 5.74) is 4.86. The highest BCUT2D eigenvalue weighted by Crippen LogP contribution is 2.27. The van der Waals surface area contributed by atoms with Gasteiger partial charge in [-0.1, -0.05) is 18.6 Å². The third-order valence-corrected chi connectivity index (χ3v) is 7.55. The van der Waals surface area contributed by atoms with Crippen molar-refractivity contribution in [3.63, 3.8) is 0 Å². The molecule has 3 aliphatic rings. The van der Waals surface area contributed by atoms with E-state index in [4.69, 9.17) is 0 Å². The summed E-state index contributed by atoms with van der Waals surface area (Å²) in [6.07, 6.45) is 4.77. The lowest BCUT2D eigenvalue weighted by Crippen LogP contribution is -2.53. The first-order valence-corrected chi connectivity index (χ1v) is 12.2. The molecule has 1 aliphatic carbocycles. The summed E-state index contributed by atoms with van der Waals surface area (Å²) in [6.45, 7) is 4.90. The zero-order valence-electron chi connectivity index (χ0n) is 19.8. The van der Waals surface area contributed by atoms with Gasteiger partial charge in [0.25, 0.3) is 11.8 Å². The zero-order chi connectivity index (χ0) is 22.9. The summed E-state index contributed by atoms with van der Waals surface area (Å²) in [5, 5.41) is 0. The number of hydrogen-bond donors (Lipinski definition) is 0. The fourth-order valence-corrected chi connectivity index (χ4v) is 5.18. The first kappa shape index (κ1) is 22.0. The molecule has 0 bridgehead atoms. The van der Waals surface area contributed by atoms with E-state index in [1.165, 1.54) is 24.8 Å². The van der Waals surface area contributed by atoms with Crippen LogP contribution in [-0.4, -0.2) is 79.4 Å². The number of anilines is 1. The fraction of sp³-hybridized carbons (Fsp3) is 0.481. The molecule has 2 amide bonds. The molecule has 1 saturated carbocycles. The number of piperazine rings is 1. The Morgan fingerprint density at radius 1 is 0.818 bits per heavy atom. The quantitative estimate of drug-likeness (QED) is 0.723. The lowest BCUT2D eigenvalue weighted by molar-refractivity contribution is 0.0455. The summed E-state index contributed by atoms with van der Waals surface area (Å²) in [7, 11) is 3.96. The molecule has 0 unspecified atom stereocenters. The van der Waals surface area contributed by atoms with Crippen LogP contribution in [0.2, 0.25) is 0 Å². The smallest absolute Gasteiger partial charge is 0.254 e. The van der Waals surface area contributed by atoms with Crippen molar-refractivity contribution in [2.75, 3.05) is 51.7 Å². The molecule has 2 aliphatic heterocycles. The Morgan fingerprint density at radius 2 is 1.55 bits per heavy atom. The summed E-state index contributed by atoms with van der Waals surface area (Å²) >= 11 is 0. The van der Waals surface area contributed by atoms with Crippen LogP contribution in [0.3, 0.4) is 0 Å². The average molecular weight is 447 g/mol. The Morgan fingerprint density at radius 3 is 2.24 bits per heavy atom. The average Bonchev–Trinajstić information content (AvgIpc) is 2.82. The van der Waals surface area contributed by atoms with Crippen molar-refractivity contribution in [1.82, 2.24) is 14.7 Å². The normalized spacial score (nSPS) is 19.1. The Kier molecular flexibility index (Phi) is 6.11. The molecule has 0 atom stereocenters. The van der Waals surface area contributed by atoms with Crippen molar-refractivity contribution in [3.8, 4) is 0 Å². The van der Waals surface area contributed by atoms with E-state index in [1.807, 2.05) is 65.2 Å². The van der Waals surface area contributed by atoms with Crippen LogP contribution < -0.4 is 4.90 Å². The minimum absolute atomic E-state index is 0.0637. The van der Waals surface area contributed by atoms with Crippen molar-refractivity contribution in [2.24, 2.45) is 0 Å². The third kappa shape index (κ3) is 4.49. The van der Waals surface area contributed by atoms with Crippen LogP contribution >= 0.6 is 0 Å². The second-order valence-corrected chi connectivity index (χ2v) is 9.82. The Bertz CT molecular complexity index is 1040. The van der Waals surface area contributed by atoms with Gasteiger partial charge in [-0.2, -0.15) is 0 Å². The molecule has 0 radical (unpaired) electrons. The van der Waals surface area contributed by atoms with Gasteiger partial charge in [-0.3, -0.25) is 14.5 Å². The van der Waals surface area contributed by atoms with Crippen molar-refractivity contribution < 1.29 is 9.59 Å². The molecule has 0 N–H and O–H groups in total. The number of nitrogens with zero attached hydrogens (tertiary/aromatic N) is 4. The Labute approximate surface area is 196 Å². The number of carbonyl (C=O) groups is 2. The Balaban J connectivity index is 1.23. The van der Waals surface area contributed by atoms with Gasteiger partial charge in [0.2, 0.25) is 0 Å². The highest BCUT2D eigenvalue weighted by Gasteiger charge is 2.30. The first-order valence-electron chi connectivity index (χ1n) is 12.2. The summed E-state index contributed by atoms with van der Waals surface area (Å²) < 4.78 is 0.